The molecule has 1 atom stereocenters. The van der Waals surface area contributed by atoms with E-state index in [1.54, 1.807) is 63.2 Å². The van der Waals surface area contributed by atoms with Crippen LogP contribution >= 0.6 is 15.9 Å². The molecular weight excluding hydrogens is 570 g/mol. The van der Waals surface area contributed by atoms with E-state index in [2.05, 4.69) is 21.2 Å². The Morgan fingerprint density at radius 3 is 2.32 bits per heavy atom. The third-order valence-electron chi connectivity index (χ3n) is 5.80. The molecule has 2 amide bonds. The molecule has 0 spiro atoms. The smallest absolute Gasteiger partial charge is 0.264 e. The van der Waals surface area contributed by atoms with Gasteiger partial charge in [-0.05, 0) is 62.7 Å². The average molecular weight is 603 g/mol. The number of amides is 2. The van der Waals surface area contributed by atoms with Gasteiger partial charge >= 0.3 is 0 Å². The second-order valence-electron chi connectivity index (χ2n) is 8.45. The quantitative estimate of drug-likeness (QED) is 0.327. The van der Waals surface area contributed by atoms with Crippen LogP contribution in [0.15, 0.2) is 88.2 Å². The summed E-state index contributed by atoms with van der Waals surface area (Å²) in [6.07, 6.45) is 0. The summed E-state index contributed by atoms with van der Waals surface area (Å²) in [6.45, 7) is 5.52. The molecule has 0 unspecified atom stereocenters. The Bertz CT molecular complexity index is 1350. The van der Waals surface area contributed by atoms with E-state index in [4.69, 9.17) is 4.74 Å². The summed E-state index contributed by atoms with van der Waals surface area (Å²) in [5.74, 6) is -0.532. The molecule has 0 aromatic heterocycles. The van der Waals surface area contributed by atoms with Gasteiger partial charge in [-0.3, -0.25) is 13.9 Å². The van der Waals surface area contributed by atoms with Crippen LogP contribution in [-0.2, 0) is 26.2 Å². The van der Waals surface area contributed by atoms with Crippen LogP contribution in [0.25, 0.3) is 0 Å². The van der Waals surface area contributed by atoms with Gasteiger partial charge in [0.15, 0.2) is 0 Å². The Hall–Kier alpha value is -3.37. The molecule has 1 N–H and O–H groups in total. The van der Waals surface area contributed by atoms with Crippen molar-refractivity contribution in [3.8, 4) is 5.75 Å². The largest absolute Gasteiger partial charge is 0.492 e. The lowest BCUT2D eigenvalue weighted by Gasteiger charge is -2.32. The number of hydrogen-bond donors (Lipinski definition) is 1. The van der Waals surface area contributed by atoms with Crippen LogP contribution in [0.5, 0.6) is 5.75 Å². The number of rotatable bonds is 12. The first kappa shape index (κ1) is 29.2. The van der Waals surface area contributed by atoms with Crippen molar-refractivity contribution in [3.63, 3.8) is 0 Å². The molecule has 3 rings (SSSR count). The fourth-order valence-corrected chi connectivity index (χ4v) is 5.80. The van der Waals surface area contributed by atoms with Crippen LogP contribution in [0, 0.1) is 0 Å². The minimum absolute atomic E-state index is 0.0365. The van der Waals surface area contributed by atoms with E-state index >= 15 is 0 Å². The van der Waals surface area contributed by atoms with Gasteiger partial charge in [0, 0.05) is 17.6 Å². The van der Waals surface area contributed by atoms with E-state index in [1.807, 2.05) is 24.3 Å². The van der Waals surface area contributed by atoms with Crippen molar-refractivity contribution >= 4 is 43.5 Å². The molecule has 0 saturated carbocycles. The minimum Gasteiger partial charge on any atom is -0.492 e. The number of ether oxygens (including phenoxy) is 1. The number of anilines is 1. The summed E-state index contributed by atoms with van der Waals surface area (Å²) in [5.41, 5.74) is 1.02. The van der Waals surface area contributed by atoms with Gasteiger partial charge in [0.1, 0.15) is 18.3 Å². The molecule has 0 aliphatic carbocycles. The number of para-hydroxylation sites is 2. The van der Waals surface area contributed by atoms with E-state index in [0.29, 0.717) is 18.9 Å². The molecule has 0 heterocycles. The second kappa shape index (κ2) is 13.4. The van der Waals surface area contributed by atoms with Gasteiger partial charge in [-0.1, -0.05) is 58.4 Å². The van der Waals surface area contributed by atoms with Gasteiger partial charge in [0.25, 0.3) is 10.0 Å². The number of hydrogen-bond acceptors (Lipinski definition) is 5. The molecule has 0 bridgehead atoms. The van der Waals surface area contributed by atoms with Crippen molar-refractivity contribution in [1.29, 1.82) is 0 Å². The number of likely N-dealkylation sites (N-methyl/N-ethyl adjacent to an activating group) is 1. The first-order chi connectivity index (χ1) is 18.2. The Morgan fingerprint density at radius 2 is 1.66 bits per heavy atom. The lowest BCUT2D eigenvalue weighted by atomic mass is 10.1. The number of sulfonamides is 1. The lowest BCUT2D eigenvalue weighted by Crippen LogP contribution is -2.51. The van der Waals surface area contributed by atoms with Crippen LogP contribution in [0.2, 0.25) is 0 Å². The van der Waals surface area contributed by atoms with Crippen molar-refractivity contribution < 1.29 is 22.7 Å². The van der Waals surface area contributed by atoms with Crippen molar-refractivity contribution in [2.75, 3.05) is 24.0 Å². The van der Waals surface area contributed by atoms with Crippen molar-refractivity contribution in [3.05, 3.63) is 88.9 Å². The zero-order valence-corrected chi connectivity index (χ0v) is 24.0. The first-order valence-corrected chi connectivity index (χ1v) is 14.5. The topological polar surface area (TPSA) is 96.0 Å². The highest BCUT2D eigenvalue weighted by Gasteiger charge is 2.33. The predicted octanol–water partition coefficient (Wildman–Crippen LogP) is 4.60. The number of halogens is 1. The van der Waals surface area contributed by atoms with E-state index in [9.17, 15) is 18.0 Å². The average Bonchev–Trinajstić information content (AvgIpc) is 2.91. The summed E-state index contributed by atoms with van der Waals surface area (Å²) >= 11 is 3.44. The number of carbonyl (C=O) groups excluding carboxylic acids is 2. The SMILES string of the molecule is CCNC(=O)[C@@H](C)N(Cc1cccc(Br)c1)C(=O)CN(c1ccccc1OCC)S(=O)(=O)c1ccccc1. The minimum atomic E-state index is -4.16. The van der Waals surface area contributed by atoms with E-state index in [-0.39, 0.29) is 23.0 Å². The summed E-state index contributed by atoms with van der Waals surface area (Å²) in [4.78, 5) is 28.1. The summed E-state index contributed by atoms with van der Waals surface area (Å²) in [5, 5.41) is 2.75. The zero-order valence-electron chi connectivity index (χ0n) is 21.6. The van der Waals surface area contributed by atoms with Gasteiger partial charge in [0.2, 0.25) is 11.8 Å². The number of nitrogens with zero attached hydrogens (tertiary/aromatic N) is 2. The van der Waals surface area contributed by atoms with Crippen molar-refractivity contribution in [2.45, 2.75) is 38.3 Å². The van der Waals surface area contributed by atoms with E-state index in [1.165, 1.54) is 17.0 Å². The Labute approximate surface area is 232 Å². The van der Waals surface area contributed by atoms with E-state index < -0.39 is 28.5 Å². The lowest BCUT2D eigenvalue weighted by molar-refractivity contribution is -0.139. The van der Waals surface area contributed by atoms with Crippen LogP contribution < -0.4 is 14.4 Å². The van der Waals surface area contributed by atoms with Crippen LogP contribution in [0.4, 0.5) is 5.69 Å². The molecule has 3 aromatic carbocycles. The molecular formula is C28H32BrN3O5S. The Morgan fingerprint density at radius 1 is 0.974 bits per heavy atom. The maximum Gasteiger partial charge on any atom is 0.264 e. The van der Waals surface area contributed by atoms with Crippen LogP contribution in [0.3, 0.4) is 0 Å². The molecule has 0 radical (unpaired) electrons. The monoisotopic (exact) mass is 601 g/mol. The molecule has 38 heavy (non-hydrogen) atoms. The molecule has 0 aliphatic rings. The number of carbonyl (C=O) groups is 2. The molecule has 202 valence electrons. The molecule has 0 saturated heterocycles. The Balaban J connectivity index is 2.07. The van der Waals surface area contributed by atoms with Gasteiger partial charge in [0.05, 0.1) is 17.2 Å². The fraction of sp³-hybridized carbons (Fsp3) is 0.286. The molecule has 0 aliphatic heterocycles. The standard InChI is InChI=1S/C28H32BrN3O5S/c1-4-30-28(34)21(3)31(19-22-12-11-13-23(29)18-22)27(33)20-32(25-16-9-10-17-26(25)37-5-2)38(35,36)24-14-7-6-8-15-24/h6-18,21H,4-5,19-20H2,1-3H3,(H,30,34)/t21-/m1/s1. The summed E-state index contributed by atoms with van der Waals surface area (Å²) in [6, 6.07) is 21.2. The predicted molar refractivity (Wildman–Crippen MR) is 151 cm³/mol. The van der Waals surface area contributed by atoms with Crippen molar-refractivity contribution in [2.24, 2.45) is 0 Å². The number of benzene rings is 3. The van der Waals surface area contributed by atoms with E-state index in [0.717, 1.165) is 14.3 Å². The van der Waals surface area contributed by atoms with Crippen molar-refractivity contribution in [1.82, 2.24) is 10.2 Å². The number of nitrogens with one attached hydrogen (secondary N) is 1. The molecule has 3 aromatic rings. The maximum atomic E-state index is 13.9. The van der Waals surface area contributed by atoms with Crippen LogP contribution in [0.1, 0.15) is 26.3 Å². The van der Waals surface area contributed by atoms with Gasteiger partial charge in [-0.2, -0.15) is 0 Å². The third-order valence-corrected chi connectivity index (χ3v) is 8.07. The zero-order chi connectivity index (χ0) is 27.7. The molecule has 0 fully saturated rings. The molecule has 8 nitrogen and oxygen atoms in total. The Kier molecular flexibility index (Phi) is 10.3. The summed E-state index contributed by atoms with van der Waals surface area (Å²) < 4.78 is 35.3. The highest BCUT2D eigenvalue weighted by molar-refractivity contribution is 9.10. The maximum absolute atomic E-state index is 13.9. The van der Waals surface area contributed by atoms with Gasteiger partial charge in [-0.25, -0.2) is 8.42 Å². The second-order valence-corrected chi connectivity index (χ2v) is 11.2. The summed E-state index contributed by atoms with van der Waals surface area (Å²) in [7, 11) is -4.16. The fourth-order valence-electron chi connectivity index (χ4n) is 3.91. The third kappa shape index (κ3) is 7.14. The highest BCUT2D eigenvalue weighted by atomic mass is 79.9. The van der Waals surface area contributed by atoms with Gasteiger partial charge in [-0.15, -0.1) is 0 Å². The van der Waals surface area contributed by atoms with Gasteiger partial charge < -0.3 is 15.0 Å². The molecule has 10 heteroatoms. The first-order valence-electron chi connectivity index (χ1n) is 12.3. The normalized spacial score (nSPS) is 11.9. The van der Waals surface area contributed by atoms with Crippen LogP contribution in [-0.4, -0.2) is 50.9 Å². The highest BCUT2D eigenvalue weighted by Crippen LogP contribution is 2.33.